The Morgan fingerprint density at radius 3 is 2.94 bits per heavy atom. The number of methoxy groups -OCH3 is 1. The number of hydrogen-bond acceptors (Lipinski definition) is 4. The highest BCUT2D eigenvalue weighted by atomic mass is 16.7. The summed E-state index contributed by atoms with van der Waals surface area (Å²) in [6, 6.07) is 1.72. The fourth-order valence-corrected chi connectivity index (χ4v) is 1.26. The van der Waals surface area contributed by atoms with Gasteiger partial charge in [0.25, 0.3) is 5.91 Å². The summed E-state index contributed by atoms with van der Waals surface area (Å²) in [5.41, 5.74) is 3.65. The van der Waals surface area contributed by atoms with Crippen LogP contribution < -0.4 is 5.48 Å². The molecule has 0 aliphatic carbocycles. The topological polar surface area (TPSA) is 65.4 Å². The summed E-state index contributed by atoms with van der Waals surface area (Å²) in [5.74, 6) is -0.293. The van der Waals surface area contributed by atoms with Crippen LogP contribution in [0.15, 0.2) is 6.07 Å². The number of nitrogens with one attached hydrogen (secondary N) is 1. The van der Waals surface area contributed by atoms with Crippen molar-refractivity contribution in [3.8, 4) is 0 Å². The van der Waals surface area contributed by atoms with Gasteiger partial charge in [0.15, 0.2) is 0 Å². The Balaban J connectivity index is 2.51. The summed E-state index contributed by atoms with van der Waals surface area (Å²) in [6.07, 6.45) is 0. The van der Waals surface area contributed by atoms with Crippen LogP contribution in [0.1, 0.15) is 23.1 Å². The molecule has 0 aromatic carbocycles. The molecule has 0 radical (unpaired) electrons. The molecule has 1 rings (SSSR count). The van der Waals surface area contributed by atoms with Gasteiger partial charge in [-0.25, -0.2) is 5.48 Å². The summed E-state index contributed by atoms with van der Waals surface area (Å²) in [6.45, 7) is 5.17. The zero-order valence-corrected chi connectivity index (χ0v) is 9.82. The Kier molecular flexibility index (Phi) is 4.94. The van der Waals surface area contributed by atoms with Crippen molar-refractivity contribution in [2.75, 3.05) is 20.3 Å². The van der Waals surface area contributed by atoms with Gasteiger partial charge in [-0.3, -0.25) is 14.3 Å². The first-order valence-corrected chi connectivity index (χ1v) is 5.14. The minimum atomic E-state index is -0.293. The van der Waals surface area contributed by atoms with Gasteiger partial charge in [0.2, 0.25) is 0 Å². The van der Waals surface area contributed by atoms with Gasteiger partial charge < -0.3 is 4.74 Å². The summed E-state index contributed by atoms with van der Waals surface area (Å²) < 4.78 is 6.41. The number of carbonyl (C=O) groups excluding carboxylic acids is 1. The largest absolute Gasteiger partial charge is 0.382 e. The zero-order valence-electron chi connectivity index (χ0n) is 9.82. The van der Waals surface area contributed by atoms with Gasteiger partial charge in [-0.15, -0.1) is 0 Å². The predicted octanol–water partition coefficient (Wildman–Crippen LogP) is 0.519. The Labute approximate surface area is 94.5 Å². The summed E-state index contributed by atoms with van der Waals surface area (Å²) in [4.78, 5) is 16.6. The molecule has 1 N–H and O–H groups in total. The molecule has 0 bridgehead atoms. The lowest BCUT2D eigenvalue weighted by Gasteiger charge is -2.06. The monoisotopic (exact) mass is 227 g/mol. The van der Waals surface area contributed by atoms with Crippen LogP contribution in [-0.4, -0.2) is 36.0 Å². The highest BCUT2D eigenvalue weighted by molar-refractivity contribution is 5.91. The molecule has 0 spiro atoms. The Morgan fingerprint density at radius 1 is 1.56 bits per heavy atom. The third kappa shape index (κ3) is 3.32. The molecule has 1 aromatic heterocycles. The van der Waals surface area contributed by atoms with Crippen molar-refractivity contribution in [2.45, 2.75) is 20.4 Å². The molecule has 1 heterocycles. The summed E-state index contributed by atoms with van der Waals surface area (Å²) >= 11 is 0. The van der Waals surface area contributed by atoms with E-state index in [4.69, 9.17) is 9.57 Å². The number of nitrogens with zero attached hydrogens (tertiary/aromatic N) is 2. The van der Waals surface area contributed by atoms with Crippen molar-refractivity contribution in [3.05, 3.63) is 17.5 Å². The van der Waals surface area contributed by atoms with Crippen molar-refractivity contribution in [2.24, 2.45) is 0 Å². The van der Waals surface area contributed by atoms with Gasteiger partial charge in [-0.2, -0.15) is 5.10 Å². The molecule has 90 valence electrons. The molecular formula is C10H17N3O3. The lowest BCUT2D eigenvalue weighted by atomic mass is 10.3. The number of aromatic nitrogens is 2. The molecule has 6 nitrogen and oxygen atoms in total. The second-order valence-corrected chi connectivity index (χ2v) is 3.26. The molecule has 0 aliphatic rings. The van der Waals surface area contributed by atoms with Crippen LogP contribution in [-0.2, 0) is 16.1 Å². The van der Waals surface area contributed by atoms with E-state index in [2.05, 4.69) is 10.6 Å². The normalized spacial score (nSPS) is 10.4. The maximum atomic E-state index is 11.7. The molecule has 0 saturated heterocycles. The highest BCUT2D eigenvalue weighted by Gasteiger charge is 2.12. The standard InChI is InChI=1S/C10H17N3O3/c1-4-13-9(7-8(2)11-13)10(14)12-16-6-5-15-3/h7H,4-6H2,1-3H3,(H,12,14). The van der Waals surface area contributed by atoms with E-state index in [9.17, 15) is 4.79 Å². The highest BCUT2D eigenvalue weighted by Crippen LogP contribution is 2.03. The second-order valence-electron chi connectivity index (χ2n) is 3.26. The summed E-state index contributed by atoms with van der Waals surface area (Å²) in [7, 11) is 1.57. The minimum Gasteiger partial charge on any atom is -0.382 e. The zero-order chi connectivity index (χ0) is 12.0. The van der Waals surface area contributed by atoms with E-state index in [1.54, 1.807) is 17.9 Å². The van der Waals surface area contributed by atoms with Crippen LogP contribution in [0.5, 0.6) is 0 Å². The Morgan fingerprint density at radius 2 is 2.31 bits per heavy atom. The van der Waals surface area contributed by atoms with Crippen LogP contribution in [0.25, 0.3) is 0 Å². The molecule has 1 aromatic rings. The fraction of sp³-hybridized carbons (Fsp3) is 0.600. The molecule has 0 aliphatic heterocycles. The molecule has 16 heavy (non-hydrogen) atoms. The van der Waals surface area contributed by atoms with Gasteiger partial charge in [-0.1, -0.05) is 0 Å². The molecule has 1 amide bonds. The van der Waals surface area contributed by atoms with E-state index < -0.39 is 0 Å². The van der Waals surface area contributed by atoms with Gasteiger partial charge in [0, 0.05) is 13.7 Å². The van der Waals surface area contributed by atoms with Gasteiger partial charge >= 0.3 is 0 Å². The van der Waals surface area contributed by atoms with Crippen LogP contribution in [0.2, 0.25) is 0 Å². The minimum absolute atomic E-state index is 0.293. The number of rotatable bonds is 6. The van der Waals surface area contributed by atoms with Crippen molar-refractivity contribution in [1.29, 1.82) is 0 Å². The van der Waals surface area contributed by atoms with Crippen LogP contribution in [0.4, 0.5) is 0 Å². The lowest BCUT2D eigenvalue weighted by molar-refractivity contribution is 0.00826. The third-order valence-electron chi connectivity index (χ3n) is 1.99. The number of aryl methyl sites for hydroxylation is 2. The molecule has 0 atom stereocenters. The first kappa shape index (κ1) is 12.7. The third-order valence-corrected chi connectivity index (χ3v) is 1.99. The van der Waals surface area contributed by atoms with Gasteiger partial charge in [0.1, 0.15) is 5.69 Å². The van der Waals surface area contributed by atoms with Crippen molar-refractivity contribution in [1.82, 2.24) is 15.3 Å². The Bertz CT molecular complexity index is 349. The molecule has 0 unspecified atom stereocenters. The van der Waals surface area contributed by atoms with E-state index in [1.165, 1.54) is 0 Å². The van der Waals surface area contributed by atoms with Crippen molar-refractivity contribution < 1.29 is 14.4 Å². The summed E-state index contributed by atoms with van der Waals surface area (Å²) in [5, 5.41) is 4.17. The number of amides is 1. The van der Waals surface area contributed by atoms with Gasteiger partial charge in [0.05, 0.1) is 18.9 Å². The first-order valence-electron chi connectivity index (χ1n) is 5.14. The second kappa shape index (κ2) is 6.24. The van der Waals surface area contributed by atoms with Crippen LogP contribution in [0.3, 0.4) is 0 Å². The molecule has 0 fully saturated rings. The van der Waals surface area contributed by atoms with E-state index in [-0.39, 0.29) is 5.91 Å². The lowest BCUT2D eigenvalue weighted by Crippen LogP contribution is -2.27. The van der Waals surface area contributed by atoms with Crippen molar-refractivity contribution in [3.63, 3.8) is 0 Å². The fourth-order valence-electron chi connectivity index (χ4n) is 1.26. The smallest absolute Gasteiger partial charge is 0.293 e. The number of carbonyl (C=O) groups is 1. The van der Waals surface area contributed by atoms with Crippen LogP contribution >= 0.6 is 0 Å². The van der Waals surface area contributed by atoms with E-state index >= 15 is 0 Å². The molecular weight excluding hydrogens is 210 g/mol. The van der Waals surface area contributed by atoms with E-state index in [1.807, 2.05) is 13.8 Å². The first-order chi connectivity index (χ1) is 7.69. The molecule has 0 saturated carbocycles. The van der Waals surface area contributed by atoms with Crippen LogP contribution in [0, 0.1) is 6.92 Å². The number of ether oxygens (including phenoxy) is 1. The van der Waals surface area contributed by atoms with Crippen molar-refractivity contribution >= 4 is 5.91 Å². The van der Waals surface area contributed by atoms with E-state index in [0.29, 0.717) is 25.5 Å². The Hall–Kier alpha value is -1.40. The SMILES string of the molecule is CCn1nc(C)cc1C(=O)NOCCOC. The predicted molar refractivity (Wildman–Crippen MR) is 57.9 cm³/mol. The number of hydrogen-bond donors (Lipinski definition) is 1. The maximum Gasteiger partial charge on any atom is 0.293 e. The van der Waals surface area contributed by atoms with E-state index in [0.717, 1.165) is 5.69 Å². The average molecular weight is 227 g/mol. The van der Waals surface area contributed by atoms with Gasteiger partial charge in [-0.05, 0) is 19.9 Å². The molecule has 6 heteroatoms. The number of hydroxylamine groups is 1. The quantitative estimate of drug-likeness (QED) is 0.568. The maximum absolute atomic E-state index is 11.7. The average Bonchev–Trinajstić information content (AvgIpc) is 2.65.